The van der Waals surface area contributed by atoms with E-state index in [4.69, 9.17) is 14.2 Å². The molecule has 0 aliphatic heterocycles. The second-order valence-corrected chi connectivity index (χ2v) is 5.68. The van der Waals surface area contributed by atoms with Crippen molar-refractivity contribution in [1.82, 2.24) is 4.90 Å². The number of hydrogen-bond acceptors (Lipinski definition) is 5. The number of rotatable bonds is 13. The van der Waals surface area contributed by atoms with E-state index in [-0.39, 0.29) is 6.61 Å². The highest BCUT2D eigenvalue weighted by Gasteiger charge is 2.24. The second kappa shape index (κ2) is 14.3. The molecule has 0 rings (SSSR count). The molecule has 0 aromatic carbocycles. The molecule has 0 aromatic heterocycles. The average molecular weight is 331 g/mol. The summed E-state index contributed by atoms with van der Waals surface area (Å²) >= 11 is 0. The Morgan fingerprint density at radius 2 is 1.52 bits per heavy atom. The molecular formula is C17H33NO5. The van der Waals surface area contributed by atoms with Crippen molar-refractivity contribution >= 4 is 12.1 Å². The summed E-state index contributed by atoms with van der Waals surface area (Å²) in [7, 11) is 3.05. The topological polar surface area (TPSA) is 65.1 Å². The quantitative estimate of drug-likeness (QED) is 0.382. The maximum absolute atomic E-state index is 11.9. The zero-order valence-corrected chi connectivity index (χ0v) is 15.1. The Bertz CT molecular complexity index is 322. The first-order valence-corrected chi connectivity index (χ1v) is 8.59. The van der Waals surface area contributed by atoms with Crippen molar-refractivity contribution in [3.05, 3.63) is 0 Å². The summed E-state index contributed by atoms with van der Waals surface area (Å²) in [5.74, 6) is -0.401. The fraction of sp³-hybridized carbons (Fsp3) is 0.882. The molecule has 23 heavy (non-hydrogen) atoms. The number of ether oxygens (including phenoxy) is 3. The molecule has 0 aromatic rings. The number of hydrogen-bond donors (Lipinski definition) is 0. The van der Waals surface area contributed by atoms with E-state index in [2.05, 4.69) is 6.92 Å². The van der Waals surface area contributed by atoms with Crippen LogP contribution in [0.2, 0.25) is 0 Å². The van der Waals surface area contributed by atoms with Crippen molar-refractivity contribution in [2.75, 3.05) is 34.0 Å². The van der Waals surface area contributed by atoms with E-state index in [1.54, 1.807) is 6.92 Å². The Kier molecular flexibility index (Phi) is 13.5. The molecule has 0 aliphatic rings. The summed E-state index contributed by atoms with van der Waals surface area (Å²) in [4.78, 5) is 24.8. The number of amides is 1. The summed E-state index contributed by atoms with van der Waals surface area (Å²) in [5, 5.41) is 0. The van der Waals surface area contributed by atoms with Crippen LogP contribution in [-0.4, -0.2) is 57.0 Å². The van der Waals surface area contributed by atoms with Gasteiger partial charge in [0, 0.05) is 14.2 Å². The molecule has 0 N–H and O–H groups in total. The van der Waals surface area contributed by atoms with Gasteiger partial charge in [0.25, 0.3) is 0 Å². The van der Waals surface area contributed by atoms with E-state index in [1.807, 2.05) is 0 Å². The third-order valence-corrected chi connectivity index (χ3v) is 3.72. The third-order valence-electron chi connectivity index (χ3n) is 3.72. The predicted molar refractivity (Wildman–Crippen MR) is 89.4 cm³/mol. The number of methoxy groups -OCH3 is 1. The van der Waals surface area contributed by atoms with E-state index >= 15 is 0 Å². The Labute approximate surface area is 140 Å². The van der Waals surface area contributed by atoms with Crippen LogP contribution >= 0.6 is 0 Å². The molecule has 136 valence electrons. The van der Waals surface area contributed by atoms with Gasteiger partial charge in [0.05, 0.1) is 13.2 Å². The first-order valence-electron chi connectivity index (χ1n) is 8.59. The van der Waals surface area contributed by atoms with Gasteiger partial charge in [0.1, 0.15) is 12.6 Å². The molecule has 0 saturated carbocycles. The van der Waals surface area contributed by atoms with Crippen LogP contribution in [0.25, 0.3) is 0 Å². The van der Waals surface area contributed by atoms with Gasteiger partial charge >= 0.3 is 12.1 Å². The summed E-state index contributed by atoms with van der Waals surface area (Å²) in [5.41, 5.74) is 0. The van der Waals surface area contributed by atoms with E-state index in [0.29, 0.717) is 13.2 Å². The molecule has 1 atom stereocenters. The van der Waals surface area contributed by atoms with Gasteiger partial charge in [-0.3, -0.25) is 4.90 Å². The van der Waals surface area contributed by atoms with Gasteiger partial charge < -0.3 is 14.2 Å². The van der Waals surface area contributed by atoms with Crippen LogP contribution in [0.1, 0.15) is 58.8 Å². The minimum absolute atomic E-state index is 0.166. The molecule has 0 fully saturated rings. The molecule has 1 unspecified atom stereocenters. The molecule has 1 amide bonds. The summed E-state index contributed by atoms with van der Waals surface area (Å²) in [6.07, 6.45) is 7.63. The highest BCUT2D eigenvalue weighted by molar-refractivity contribution is 5.80. The van der Waals surface area contributed by atoms with Crippen molar-refractivity contribution in [3.63, 3.8) is 0 Å². The largest absolute Gasteiger partial charge is 0.464 e. The van der Waals surface area contributed by atoms with Gasteiger partial charge in [-0.25, -0.2) is 9.59 Å². The first-order chi connectivity index (χ1) is 11.0. The van der Waals surface area contributed by atoms with E-state index in [9.17, 15) is 9.59 Å². The maximum Gasteiger partial charge on any atom is 0.410 e. The van der Waals surface area contributed by atoms with Crippen molar-refractivity contribution in [3.8, 4) is 0 Å². The van der Waals surface area contributed by atoms with Gasteiger partial charge in [-0.1, -0.05) is 45.4 Å². The molecule has 6 nitrogen and oxygen atoms in total. The zero-order valence-electron chi connectivity index (χ0n) is 15.1. The Balaban J connectivity index is 3.77. The minimum atomic E-state index is -0.658. The summed E-state index contributed by atoms with van der Waals surface area (Å²) < 4.78 is 15.0. The highest BCUT2D eigenvalue weighted by atomic mass is 16.6. The number of unbranched alkanes of at least 4 members (excludes halogenated alkanes) is 6. The average Bonchev–Trinajstić information content (AvgIpc) is 2.55. The highest BCUT2D eigenvalue weighted by Crippen LogP contribution is 2.08. The van der Waals surface area contributed by atoms with Crippen LogP contribution in [-0.2, 0) is 19.0 Å². The SMILES string of the molecule is CCCCCCCCCOC(=O)C(C)N(C)C(=O)OCCOC. The molecular weight excluding hydrogens is 298 g/mol. The maximum atomic E-state index is 11.9. The van der Waals surface area contributed by atoms with E-state index in [1.165, 1.54) is 51.2 Å². The van der Waals surface area contributed by atoms with Gasteiger partial charge in [-0.2, -0.15) is 0 Å². The van der Waals surface area contributed by atoms with Crippen LogP contribution in [0, 0.1) is 0 Å². The Morgan fingerprint density at radius 3 is 2.13 bits per heavy atom. The van der Waals surface area contributed by atoms with Gasteiger partial charge in [-0.15, -0.1) is 0 Å². The van der Waals surface area contributed by atoms with Crippen LogP contribution in [0.15, 0.2) is 0 Å². The molecule has 0 aliphatic carbocycles. The Morgan fingerprint density at radius 1 is 0.913 bits per heavy atom. The Hall–Kier alpha value is -1.30. The lowest BCUT2D eigenvalue weighted by atomic mass is 10.1. The molecule has 0 radical (unpaired) electrons. The number of esters is 1. The van der Waals surface area contributed by atoms with E-state index < -0.39 is 18.1 Å². The minimum Gasteiger partial charge on any atom is -0.464 e. The van der Waals surface area contributed by atoms with Gasteiger partial charge in [0.15, 0.2) is 0 Å². The molecule has 0 heterocycles. The molecule has 6 heteroatoms. The second-order valence-electron chi connectivity index (χ2n) is 5.68. The first kappa shape index (κ1) is 21.7. The van der Waals surface area contributed by atoms with Crippen LogP contribution in [0.3, 0.4) is 0 Å². The fourth-order valence-corrected chi connectivity index (χ4v) is 1.98. The number of likely N-dealkylation sites (N-methyl/N-ethyl adjacent to an activating group) is 1. The predicted octanol–water partition coefficient (Wildman–Crippen LogP) is 3.38. The standard InChI is InChI=1S/C17H33NO5/c1-5-6-7-8-9-10-11-12-22-16(19)15(2)18(3)17(20)23-14-13-21-4/h15H,5-14H2,1-4H3. The number of nitrogens with zero attached hydrogens (tertiary/aromatic N) is 1. The van der Waals surface area contributed by atoms with Crippen molar-refractivity contribution in [2.45, 2.75) is 64.8 Å². The van der Waals surface area contributed by atoms with Crippen molar-refractivity contribution < 1.29 is 23.8 Å². The molecule has 0 bridgehead atoms. The smallest absolute Gasteiger partial charge is 0.410 e. The van der Waals surface area contributed by atoms with Crippen LogP contribution in [0.5, 0.6) is 0 Å². The van der Waals surface area contributed by atoms with Crippen molar-refractivity contribution in [2.24, 2.45) is 0 Å². The zero-order chi connectivity index (χ0) is 17.5. The van der Waals surface area contributed by atoms with Crippen molar-refractivity contribution in [1.29, 1.82) is 0 Å². The normalized spacial score (nSPS) is 11.8. The van der Waals surface area contributed by atoms with Crippen LogP contribution in [0.4, 0.5) is 4.79 Å². The lowest BCUT2D eigenvalue weighted by Crippen LogP contribution is -2.42. The van der Waals surface area contributed by atoms with Gasteiger partial charge in [-0.05, 0) is 13.3 Å². The number of carbonyl (C=O) groups excluding carboxylic acids is 2. The summed E-state index contributed by atoms with van der Waals surface area (Å²) in [6, 6.07) is -0.658. The monoisotopic (exact) mass is 331 g/mol. The molecule has 0 spiro atoms. The van der Waals surface area contributed by atoms with Crippen LogP contribution < -0.4 is 0 Å². The summed E-state index contributed by atoms with van der Waals surface area (Å²) in [6.45, 7) is 4.73. The lowest BCUT2D eigenvalue weighted by molar-refractivity contribution is -0.148. The van der Waals surface area contributed by atoms with E-state index in [0.717, 1.165) is 12.8 Å². The van der Waals surface area contributed by atoms with Gasteiger partial charge in [0.2, 0.25) is 0 Å². The molecule has 0 saturated heterocycles. The number of carbonyl (C=O) groups is 2. The fourth-order valence-electron chi connectivity index (χ4n) is 1.98. The lowest BCUT2D eigenvalue weighted by Gasteiger charge is -2.22. The third kappa shape index (κ3) is 11.0.